The molecule has 9 heteroatoms. The molecule has 0 saturated heterocycles. The predicted molar refractivity (Wildman–Crippen MR) is 69.5 cm³/mol. The highest BCUT2D eigenvalue weighted by atomic mass is 19.4. The standard InChI is InChI=1S/C14H11F6NO2/c1-7-9-5-3-4-6-10(9)21(8(2)22)11(7)23-12(13(15,16)17)14(18,19)20/h3-6,12H,1-2H3. The number of para-hydroxylation sites is 1. The van der Waals surface area contributed by atoms with E-state index in [4.69, 9.17) is 0 Å². The highest BCUT2D eigenvalue weighted by Gasteiger charge is 2.59. The largest absolute Gasteiger partial charge is 0.455 e. The van der Waals surface area contributed by atoms with Crippen molar-refractivity contribution in [3.8, 4) is 5.88 Å². The molecule has 0 radical (unpaired) electrons. The molecule has 0 aliphatic heterocycles. The summed E-state index contributed by atoms with van der Waals surface area (Å²) in [5.41, 5.74) is 0.199. The number of alkyl halides is 6. The van der Waals surface area contributed by atoms with Crippen molar-refractivity contribution in [1.29, 1.82) is 0 Å². The molecule has 1 aromatic heterocycles. The van der Waals surface area contributed by atoms with Gasteiger partial charge in [0.2, 0.25) is 11.8 Å². The van der Waals surface area contributed by atoms with Crippen LogP contribution < -0.4 is 4.74 Å². The van der Waals surface area contributed by atoms with E-state index in [-0.39, 0.29) is 11.1 Å². The summed E-state index contributed by atoms with van der Waals surface area (Å²) in [6.07, 6.45) is -15.3. The first-order valence-corrected chi connectivity index (χ1v) is 6.35. The number of halogens is 6. The summed E-state index contributed by atoms with van der Waals surface area (Å²) in [4.78, 5) is 11.7. The zero-order chi connectivity index (χ0) is 17.6. The first-order valence-electron chi connectivity index (χ1n) is 6.35. The number of benzene rings is 1. The van der Waals surface area contributed by atoms with Crippen molar-refractivity contribution in [2.45, 2.75) is 32.3 Å². The van der Waals surface area contributed by atoms with Gasteiger partial charge in [0, 0.05) is 17.9 Å². The minimum atomic E-state index is -5.66. The topological polar surface area (TPSA) is 31.2 Å². The lowest BCUT2D eigenvalue weighted by Crippen LogP contribution is -2.47. The van der Waals surface area contributed by atoms with Crippen molar-refractivity contribution in [1.82, 2.24) is 4.57 Å². The Morgan fingerprint density at radius 1 is 1.09 bits per heavy atom. The highest BCUT2D eigenvalue weighted by molar-refractivity contribution is 5.96. The fraction of sp³-hybridized carbons (Fsp3) is 0.357. The third kappa shape index (κ3) is 3.13. The zero-order valence-corrected chi connectivity index (χ0v) is 11.9. The number of ether oxygens (including phenoxy) is 1. The summed E-state index contributed by atoms with van der Waals surface area (Å²) in [6, 6.07) is 5.95. The number of aromatic nitrogens is 1. The molecule has 23 heavy (non-hydrogen) atoms. The molecule has 0 aliphatic carbocycles. The van der Waals surface area contributed by atoms with Crippen LogP contribution in [0.25, 0.3) is 10.9 Å². The molecule has 0 N–H and O–H groups in total. The Labute approximate surface area is 126 Å². The quantitative estimate of drug-likeness (QED) is 0.756. The Hall–Kier alpha value is -2.19. The summed E-state index contributed by atoms with van der Waals surface area (Å²) in [6.45, 7) is 2.32. The molecule has 2 aromatic rings. The molecular formula is C14H11F6NO2. The van der Waals surface area contributed by atoms with Crippen LogP contribution in [0.2, 0.25) is 0 Å². The fourth-order valence-corrected chi connectivity index (χ4v) is 2.26. The van der Waals surface area contributed by atoms with Gasteiger partial charge in [0.15, 0.2) is 0 Å². The Balaban J connectivity index is 2.65. The van der Waals surface area contributed by atoms with E-state index < -0.39 is 30.2 Å². The SMILES string of the molecule is CC(=O)n1c(OC(C(F)(F)F)C(F)(F)F)c(C)c2ccccc21. The van der Waals surface area contributed by atoms with Gasteiger partial charge in [-0.3, -0.25) is 9.36 Å². The number of hydrogen-bond acceptors (Lipinski definition) is 2. The Morgan fingerprint density at radius 2 is 1.61 bits per heavy atom. The second-order valence-corrected chi connectivity index (χ2v) is 4.88. The van der Waals surface area contributed by atoms with Crippen LogP contribution in [0.3, 0.4) is 0 Å². The van der Waals surface area contributed by atoms with Crippen LogP contribution in [-0.2, 0) is 0 Å². The number of fused-ring (bicyclic) bond motifs is 1. The third-order valence-electron chi connectivity index (χ3n) is 3.21. The van der Waals surface area contributed by atoms with Gasteiger partial charge in [-0.25, -0.2) is 0 Å². The number of aryl methyl sites for hydroxylation is 1. The van der Waals surface area contributed by atoms with Gasteiger partial charge in [-0.1, -0.05) is 18.2 Å². The highest BCUT2D eigenvalue weighted by Crippen LogP contribution is 2.39. The van der Waals surface area contributed by atoms with Gasteiger partial charge in [0.1, 0.15) is 0 Å². The van der Waals surface area contributed by atoms with Crippen molar-refractivity contribution in [2.75, 3.05) is 0 Å². The van der Waals surface area contributed by atoms with Crippen molar-refractivity contribution in [3.63, 3.8) is 0 Å². The van der Waals surface area contributed by atoms with E-state index in [9.17, 15) is 31.1 Å². The molecule has 126 valence electrons. The van der Waals surface area contributed by atoms with Crippen molar-refractivity contribution >= 4 is 16.8 Å². The number of carbonyl (C=O) groups excluding carboxylic acids is 1. The second-order valence-electron chi connectivity index (χ2n) is 4.88. The van der Waals surface area contributed by atoms with Crippen molar-refractivity contribution in [3.05, 3.63) is 29.8 Å². The van der Waals surface area contributed by atoms with E-state index in [1.165, 1.54) is 25.1 Å². The lowest BCUT2D eigenvalue weighted by molar-refractivity contribution is -0.300. The van der Waals surface area contributed by atoms with Gasteiger partial charge >= 0.3 is 12.4 Å². The molecule has 0 amide bonds. The second kappa shape index (κ2) is 5.47. The number of nitrogens with zero attached hydrogens (tertiary/aromatic N) is 1. The van der Waals surface area contributed by atoms with Crippen LogP contribution in [0.1, 0.15) is 17.3 Å². The maximum Gasteiger partial charge on any atom is 0.434 e. The molecule has 1 heterocycles. The van der Waals surface area contributed by atoms with Crippen LogP contribution in [0, 0.1) is 6.92 Å². The maximum absolute atomic E-state index is 12.7. The molecule has 0 spiro atoms. The van der Waals surface area contributed by atoms with E-state index in [0.717, 1.165) is 6.92 Å². The summed E-state index contributed by atoms with van der Waals surface area (Å²) >= 11 is 0. The van der Waals surface area contributed by atoms with Crippen LogP contribution in [0.4, 0.5) is 26.3 Å². The molecule has 3 nitrogen and oxygen atoms in total. The fourth-order valence-electron chi connectivity index (χ4n) is 2.26. The monoisotopic (exact) mass is 339 g/mol. The van der Waals surface area contributed by atoms with Crippen molar-refractivity contribution in [2.24, 2.45) is 0 Å². The molecule has 0 aliphatic rings. The minimum absolute atomic E-state index is 0.0225. The first kappa shape index (κ1) is 17.2. The molecular weight excluding hydrogens is 328 g/mol. The Kier molecular flexibility index (Phi) is 4.08. The van der Waals surface area contributed by atoms with Crippen LogP contribution in [0.15, 0.2) is 24.3 Å². The van der Waals surface area contributed by atoms with Crippen LogP contribution in [-0.4, -0.2) is 28.9 Å². The lowest BCUT2D eigenvalue weighted by atomic mass is 10.2. The van der Waals surface area contributed by atoms with E-state index in [2.05, 4.69) is 4.74 Å². The van der Waals surface area contributed by atoms with E-state index in [1.54, 1.807) is 6.07 Å². The first-order chi connectivity index (χ1) is 10.4. The van der Waals surface area contributed by atoms with Crippen LogP contribution in [0.5, 0.6) is 5.88 Å². The summed E-state index contributed by atoms with van der Waals surface area (Å²) in [5, 5.41) is 0.334. The van der Waals surface area contributed by atoms with E-state index >= 15 is 0 Å². The molecule has 0 saturated carbocycles. The average Bonchev–Trinajstić information content (AvgIpc) is 2.67. The molecule has 0 fully saturated rings. The van der Waals surface area contributed by atoms with E-state index in [1.807, 2.05) is 0 Å². The predicted octanol–water partition coefficient (Wildman–Crippen LogP) is 4.48. The Bertz CT molecular complexity index is 730. The molecule has 1 aromatic carbocycles. The van der Waals surface area contributed by atoms with Gasteiger partial charge in [-0.2, -0.15) is 26.3 Å². The normalized spacial score (nSPS) is 12.9. The summed E-state index contributed by atoms with van der Waals surface area (Å²) in [5.74, 6) is -1.52. The van der Waals surface area contributed by atoms with Crippen molar-refractivity contribution < 1.29 is 35.9 Å². The maximum atomic E-state index is 12.7. The van der Waals surface area contributed by atoms with E-state index in [0.29, 0.717) is 9.95 Å². The van der Waals surface area contributed by atoms with Gasteiger partial charge in [-0.05, 0) is 13.0 Å². The molecule has 2 rings (SSSR count). The molecule has 0 bridgehead atoms. The van der Waals surface area contributed by atoms with Gasteiger partial charge in [0.05, 0.1) is 5.52 Å². The summed E-state index contributed by atoms with van der Waals surface area (Å²) in [7, 11) is 0. The lowest BCUT2D eigenvalue weighted by Gasteiger charge is -2.24. The van der Waals surface area contributed by atoms with Gasteiger partial charge < -0.3 is 4.74 Å². The molecule has 0 atom stereocenters. The zero-order valence-electron chi connectivity index (χ0n) is 11.9. The number of hydrogen-bond donors (Lipinski definition) is 0. The van der Waals surface area contributed by atoms with Gasteiger partial charge in [0.25, 0.3) is 6.10 Å². The summed E-state index contributed by atoms with van der Waals surface area (Å²) < 4.78 is 81.0. The van der Waals surface area contributed by atoms with Gasteiger partial charge in [-0.15, -0.1) is 0 Å². The Morgan fingerprint density at radius 3 is 2.09 bits per heavy atom. The number of carbonyl (C=O) groups is 1. The van der Waals surface area contributed by atoms with Crippen LogP contribution >= 0.6 is 0 Å². The smallest absolute Gasteiger partial charge is 0.434 e. The minimum Gasteiger partial charge on any atom is -0.455 e. The molecule has 0 unspecified atom stereocenters. The average molecular weight is 339 g/mol. The third-order valence-corrected chi connectivity index (χ3v) is 3.21. The number of rotatable bonds is 2.